The minimum absolute atomic E-state index is 0.111. The zero-order valence-electron chi connectivity index (χ0n) is 13.7. The monoisotopic (exact) mass is 338 g/mol. The van der Waals surface area contributed by atoms with Crippen LogP contribution in [-0.4, -0.2) is 25.5 Å². The lowest BCUT2D eigenvalue weighted by molar-refractivity contribution is -0.120. The summed E-state index contributed by atoms with van der Waals surface area (Å²) in [7, 11) is 1.59. The maximum atomic E-state index is 12.4. The highest BCUT2D eigenvalue weighted by atomic mass is 16.5. The highest BCUT2D eigenvalue weighted by Crippen LogP contribution is 2.28. The third kappa shape index (κ3) is 3.80. The Labute approximate surface area is 144 Å². The van der Waals surface area contributed by atoms with Crippen LogP contribution in [0.2, 0.25) is 0 Å². The number of nitrogens with one attached hydrogen (secondary N) is 2. The lowest BCUT2D eigenvalue weighted by Crippen LogP contribution is -2.36. The van der Waals surface area contributed by atoms with Crippen molar-refractivity contribution in [2.45, 2.75) is 6.54 Å². The third-order valence-corrected chi connectivity index (χ3v) is 3.80. The van der Waals surface area contributed by atoms with Gasteiger partial charge >= 0.3 is 0 Å². The van der Waals surface area contributed by atoms with Gasteiger partial charge in [0.2, 0.25) is 5.91 Å². The van der Waals surface area contributed by atoms with Crippen LogP contribution in [0.3, 0.4) is 0 Å². The molecule has 2 aromatic carbocycles. The molecular weight excluding hydrogens is 320 g/mol. The second-order valence-corrected chi connectivity index (χ2v) is 5.40. The fraction of sp³-hybridized carbons (Fsp3) is 0.158. The highest BCUT2D eigenvalue weighted by Gasteiger charge is 2.13. The van der Waals surface area contributed by atoms with E-state index < -0.39 is 0 Å². The van der Waals surface area contributed by atoms with Crippen LogP contribution in [0.25, 0.3) is 10.8 Å². The Bertz CT molecular complexity index is 888. The summed E-state index contributed by atoms with van der Waals surface area (Å²) in [6.07, 6.45) is 1.54. The molecule has 0 aliphatic carbocycles. The van der Waals surface area contributed by atoms with Crippen LogP contribution in [0.5, 0.6) is 5.75 Å². The molecule has 0 saturated heterocycles. The van der Waals surface area contributed by atoms with Gasteiger partial charge in [0.15, 0.2) is 0 Å². The average molecular weight is 338 g/mol. The van der Waals surface area contributed by atoms with Gasteiger partial charge in [0.05, 0.1) is 26.5 Å². The number of benzene rings is 2. The Morgan fingerprint density at radius 3 is 2.52 bits per heavy atom. The summed E-state index contributed by atoms with van der Waals surface area (Å²) in [6.45, 7) is 0.174. The van der Waals surface area contributed by atoms with E-state index in [9.17, 15) is 9.59 Å². The van der Waals surface area contributed by atoms with Gasteiger partial charge in [-0.1, -0.05) is 24.3 Å². The van der Waals surface area contributed by atoms with Gasteiger partial charge in [0.1, 0.15) is 11.5 Å². The molecule has 0 aliphatic heterocycles. The molecule has 1 aromatic heterocycles. The number of fused-ring (bicyclic) bond motifs is 1. The topological polar surface area (TPSA) is 80.6 Å². The summed E-state index contributed by atoms with van der Waals surface area (Å²) in [5, 5.41) is 6.94. The first-order valence-corrected chi connectivity index (χ1v) is 7.82. The van der Waals surface area contributed by atoms with Crippen molar-refractivity contribution in [1.82, 2.24) is 10.6 Å². The molecule has 6 heteroatoms. The molecule has 0 bridgehead atoms. The van der Waals surface area contributed by atoms with E-state index in [0.29, 0.717) is 17.1 Å². The van der Waals surface area contributed by atoms with Crippen LogP contribution in [0, 0.1) is 0 Å². The average Bonchev–Trinajstić information content (AvgIpc) is 3.17. The summed E-state index contributed by atoms with van der Waals surface area (Å²) in [6, 6.07) is 14.4. The Balaban J connectivity index is 1.65. The molecule has 0 spiro atoms. The first-order valence-electron chi connectivity index (χ1n) is 7.82. The minimum Gasteiger partial charge on any atom is -0.496 e. The normalized spacial score (nSPS) is 10.4. The molecule has 0 atom stereocenters. The molecule has 0 radical (unpaired) electrons. The number of hydrogen-bond acceptors (Lipinski definition) is 4. The van der Waals surface area contributed by atoms with Gasteiger partial charge in [-0.2, -0.15) is 0 Å². The maximum absolute atomic E-state index is 12.4. The highest BCUT2D eigenvalue weighted by molar-refractivity contribution is 6.09. The molecule has 0 aliphatic rings. The maximum Gasteiger partial charge on any atom is 0.252 e. The van der Waals surface area contributed by atoms with Crippen molar-refractivity contribution < 1.29 is 18.7 Å². The molecule has 6 nitrogen and oxygen atoms in total. The Morgan fingerprint density at radius 1 is 1.00 bits per heavy atom. The lowest BCUT2D eigenvalue weighted by Gasteiger charge is -2.11. The van der Waals surface area contributed by atoms with Gasteiger partial charge in [-0.05, 0) is 29.7 Å². The van der Waals surface area contributed by atoms with Crippen LogP contribution in [0.4, 0.5) is 0 Å². The van der Waals surface area contributed by atoms with Gasteiger partial charge in [-0.3, -0.25) is 9.59 Å². The molecule has 3 rings (SSSR count). The van der Waals surface area contributed by atoms with Crippen molar-refractivity contribution in [1.29, 1.82) is 0 Å². The van der Waals surface area contributed by atoms with Gasteiger partial charge in [0.25, 0.3) is 5.91 Å². The van der Waals surface area contributed by atoms with Crippen molar-refractivity contribution in [3.63, 3.8) is 0 Å². The number of methoxy groups -OCH3 is 1. The minimum atomic E-state index is -0.313. The van der Waals surface area contributed by atoms with Crippen LogP contribution >= 0.6 is 0 Å². The summed E-state index contributed by atoms with van der Waals surface area (Å²) < 4.78 is 10.5. The fourth-order valence-electron chi connectivity index (χ4n) is 2.56. The molecule has 3 aromatic rings. The first-order chi connectivity index (χ1) is 12.2. The van der Waals surface area contributed by atoms with Crippen LogP contribution in [0.15, 0.2) is 59.2 Å². The number of furan rings is 1. The molecule has 128 valence electrons. The first kappa shape index (κ1) is 16.6. The molecule has 1 heterocycles. The second-order valence-electron chi connectivity index (χ2n) is 5.40. The van der Waals surface area contributed by atoms with Crippen LogP contribution < -0.4 is 15.4 Å². The second kappa shape index (κ2) is 7.53. The van der Waals surface area contributed by atoms with Crippen molar-refractivity contribution in [2.24, 2.45) is 0 Å². The zero-order valence-corrected chi connectivity index (χ0v) is 13.7. The van der Waals surface area contributed by atoms with E-state index >= 15 is 0 Å². The molecule has 0 fully saturated rings. The smallest absolute Gasteiger partial charge is 0.252 e. The molecular formula is C19H18N2O4. The lowest BCUT2D eigenvalue weighted by atomic mass is 10.0. The third-order valence-electron chi connectivity index (χ3n) is 3.80. The van der Waals surface area contributed by atoms with E-state index in [-0.39, 0.29) is 24.9 Å². The van der Waals surface area contributed by atoms with E-state index in [1.54, 1.807) is 31.4 Å². The number of carbonyl (C=O) groups is 2. The van der Waals surface area contributed by atoms with Crippen molar-refractivity contribution >= 4 is 22.6 Å². The zero-order chi connectivity index (χ0) is 17.6. The van der Waals surface area contributed by atoms with Gasteiger partial charge in [0, 0.05) is 10.9 Å². The Morgan fingerprint density at radius 2 is 1.80 bits per heavy atom. The van der Waals surface area contributed by atoms with Gasteiger partial charge < -0.3 is 19.8 Å². The molecule has 2 amide bonds. The predicted molar refractivity (Wildman–Crippen MR) is 93.4 cm³/mol. The van der Waals surface area contributed by atoms with Gasteiger partial charge in [-0.25, -0.2) is 0 Å². The van der Waals surface area contributed by atoms with Crippen molar-refractivity contribution in [3.05, 3.63) is 66.1 Å². The van der Waals surface area contributed by atoms with Crippen LogP contribution in [-0.2, 0) is 11.3 Å². The standard InChI is InChI=1S/C19H18N2O4/c1-24-17-9-8-16(14-6-2-3-7-15(14)17)19(23)21-12-18(22)20-11-13-5-4-10-25-13/h2-10H,11-12H2,1H3,(H,20,22)(H,21,23). The predicted octanol–water partition coefficient (Wildman–Crippen LogP) is 2.49. The molecule has 25 heavy (non-hydrogen) atoms. The summed E-state index contributed by atoms with van der Waals surface area (Å²) >= 11 is 0. The number of amides is 2. The number of ether oxygens (including phenoxy) is 1. The molecule has 0 saturated carbocycles. The van der Waals surface area contributed by atoms with Gasteiger partial charge in [-0.15, -0.1) is 0 Å². The van der Waals surface area contributed by atoms with Crippen molar-refractivity contribution in [2.75, 3.05) is 13.7 Å². The largest absolute Gasteiger partial charge is 0.496 e. The number of carbonyl (C=O) groups excluding carboxylic acids is 2. The summed E-state index contributed by atoms with van der Waals surface area (Å²) in [5.41, 5.74) is 0.496. The fourth-order valence-corrected chi connectivity index (χ4v) is 2.56. The van der Waals surface area contributed by atoms with Crippen LogP contribution in [0.1, 0.15) is 16.1 Å². The molecule has 2 N–H and O–H groups in total. The Hall–Kier alpha value is -3.28. The van der Waals surface area contributed by atoms with E-state index in [1.165, 1.54) is 6.26 Å². The summed E-state index contributed by atoms with van der Waals surface area (Å²) in [4.78, 5) is 24.3. The van der Waals surface area contributed by atoms with E-state index in [2.05, 4.69) is 10.6 Å². The quantitative estimate of drug-likeness (QED) is 0.724. The molecule has 0 unspecified atom stereocenters. The number of rotatable bonds is 6. The van der Waals surface area contributed by atoms with E-state index in [4.69, 9.17) is 9.15 Å². The SMILES string of the molecule is COc1ccc(C(=O)NCC(=O)NCc2ccco2)c2ccccc12. The Kier molecular flexibility index (Phi) is 4.99. The van der Waals surface area contributed by atoms with Crippen molar-refractivity contribution in [3.8, 4) is 5.75 Å². The van der Waals surface area contributed by atoms with E-state index in [0.717, 1.165) is 10.8 Å². The van der Waals surface area contributed by atoms with E-state index in [1.807, 2.05) is 24.3 Å². The summed E-state index contributed by atoms with van der Waals surface area (Å²) in [5.74, 6) is 0.749. The number of hydrogen-bond donors (Lipinski definition) is 2.